The van der Waals surface area contributed by atoms with Crippen LogP contribution in [-0.4, -0.2) is 11.5 Å². The molecule has 1 aromatic heterocycles. The highest BCUT2D eigenvalue weighted by atomic mass is 32.2. The van der Waals surface area contributed by atoms with E-state index in [-0.39, 0.29) is 0 Å². The SMILES string of the molecule is CCCNCc1cccnc1Sc1ccc(C)cc1. The van der Waals surface area contributed by atoms with Crippen LogP contribution in [0.15, 0.2) is 52.5 Å². The van der Waals surface area contributed by atoms with Gasteiger partial charge in [-0.1, -0.05) is 42.4 Å². The number of hydrogen-bond donors (Lipinski definition) is 1. The van der Waals surface area contributed by atoms with Gasteiger partial charge in [-0.05, 0) is 43.7 Å². The number of aromatic nitrogens is 1. The van der Waals surface area contributed by atoms with Crippen molar-refractivity contribution in [2.75, 3.05) is 6.54 Å². The summed E-state index contributed by atoms with van der Waals surface area (Å²) in [6.07, 6.45) is 3.01. The first-order chi connectivity index (χ1) is 9.29. The third-order valence-corrected chi connectivity index (χ3v) is 3.90. The Morgan fingerprint density at radius 1 is 1.16 bits per heavy atom. The van der Waals surface area contributed by atoms with Gasteiger partial charge in [0.05, 0.1) is 0 Å². The Labute approximate surface area is 119 Å². The van der Waals surface area contributed by atoms with Crippen LogP contribution in [0.3, 0.4) is 0 Å². The minimum absolute atomic E-state index is 0.885. The van der Waals surface area contributed by atoms with Crippen molar-refractivity contribution in [1.82, 2.24) is 10.3 Å². The number of hydrogen-bond acceptors (Lipinski definition) is 3. The largest absolute Gasteiger partial charge is 0.313 e. The van der Waals surface area contributed by atoms with E-state index in [0.29, 0.717) is 0 Å². The fraction of sp³-hybridized carbons (Fsp3) is 0.312. The van der Waals surface area contributed by atoms with Crippen LogP contribution >= 0.6 is 11.8 Å². The first-order valence-corrected chi connectivity index (χ1v) is 7.50. The average molecular weight is 272 g/mol. The Balaban J connectivity index is 2.08. The quantitative estimate of drug-likeness (QED) is 0.803. The van der Waals surface area contributed by atoms with E-state index >= 15 is 0 Å². The fourth-order valence-electron chi connectivity index (χ4n) is 1.77. The molecule has 0 saturated heterocycles. The zero-order valence-corrected chi connectivity index (χ0v) is 12.3. The lowest BCUT2D eigenvalue weighted by Gasteiger charge is -2.09. The number of pyridine rings is 1. The van der Waals surface area contributed by atoms with Crippen molar-refractivity contribution < 1.29 is 0 Å². The van der Waals surface area contributed by atoms with E-state index in [9.17, 15) is 0 Å². The van der Waals surface area contributed by atoms with Gasteiger partial charge in [0.25, 0.3) is 0 Å². The van der Waals surface area contributed by atoms with Gasteiger partial charge >= 0.3 is 0 Å². The Morgan fingerprint density at radius 2 is 1.95 bits per heavy atom. The van der Waals surface area contributed by atoms with E-state index in [2.05, 4.69) is 54.5 Å². The monoisotopic (exact) mass is 272 g/mol. The van der Waals surface area contributed by atoms with Crippen molar-refractivity contribution in [3.63, 3.8) is 0 Å². The van der Waals surface area contributed by atoms with Crippen LogP contribution < -0.4 is 5.32 Å². The molecular formula is C16H20N2S. The van der Waals surface area contributed by atoms with Gasteiger partial charge in [0.2, 0.25) is 0 Å². The van der Waals surface area contributed by atoms with Crippen LogP contribution in [0.25, 0.3) is 0 Å². The molecule has 2 rings (SSSR count). The van der Waals surface area contributed by atoms with Gasteiger partial charge in [0, 0.05) is 17.6 Å². The highest BCUT2D eigenvalue weighted by Crippen LogP contribution is 2.28. The number of aryl methyl sites for hydroxylation is 1. The summed E-state index contributed by atoms with van der Waals surface area (Å²) in [5.41, 5.74) is 2.55. The van der Waals surface area contributed by atoms with E-state index in [1.807, 2.05) is 12.3 Å². The van der Waals surface area contributed by atoms with Crippen LogP contribution in [-0.2, 0) is 6.54 Å². The molecule has 0 amide bonds. The molecule has 1 aromatic carbocycles. The third kappa shape index (κ3) is 4.37. The molecule has 19 heavy (non-hydrogen) atoms. The Kier molecular flexibility index (Phi) is 5.43. The molecule has 0 spiro atoms. The Hall–Kier alpha value is -1.32. The van der Waals surface area contributed by atoms with Crippen molar-refractivity contribution in [3.8, 4) is 0 Å². The predicted molar refractivity (Wildman–Crippen MR) is 81.5 cm³/mol. The normalized spacial score (nSPS) is 10.6. The lowest BCUT2D eigenvalue weighted by Crippen LogP contribution is -2.14. The summed E-state index contributed by atoms with van der Waals surface area (Å²) in [7, 11) is 0. The molecule has 2 aromatic rings. The standard InChI is InChI=1S/C16H20N2S/c1-3-10-17-12-14-5-4-11-18-16(14)19-15-8-6-13(2)7-9-15/h4-9,11,17H,3,10,12H2,1-2H3. The second-order valence-electron chi connectivity index (χ2n) is 4.56. The lowest BCUT2D eigenvalue weighted by atomic mass is 10.2. The van der Waals surface area contributed by atoms with E-state index in [4.69, 9.17) is 0 Å². The minimum Gasteiger partial charge on any atom is -0.313 e. The molecule has 0 saturated carbocycles. The molecule has 0 fully saturated rings. The predicted octanol–water partition coefficient (Wildman–Crippen LogP) is 4.04. The molecule has 1 heterocycles. The van der Waals surface area contributed by atoms with Crippen LogP contribution in [0, 0.1) is 6.92 Å². The van der Waals surface area contributed by atoms with Gasteiger partial charge in [-0.15, -0.1) is 0 Å². The second kappa shape index (κ2) is 7.31. The maximum atomic E-state index is 4.50. The molecule has 2 nitrogen and oxygen atoms in total. The van der Waals surface area contributed by atoms with Crippen molar-refractivity contribution in [3.05, 3.63) is 53.7 Å². The number of benzene rings is 1. The summed E-state index contributed by atoms with van der Waals surface area (Å²) in [6, 6.07) is 12.7. The highest BCUT2D eigenvalue weighted by molar-refractivity contribution is 7.99. The molecule has 0 aliphatic carbocycles. The molecule has 3 heteroatoms. The number of rotatable bonds is 6. The van der Waals surface area contributed by atoms with E-state index < -0.39 is 0 Å². The molecule has 0 unspecified atom stereocenters. The van der Waals surface area contributed by atoms with Crippen LogP contribution in [0.2, 0.25) is 0 Å². The summed E-state index contributed by atoms with van der Waals surface area (Å²) in [6.45, 7) is 6.22. The Bertz CT molecular complexity index is 508. The van der Waals surface area contributed by atoms with Gasteiger partial charge in [0.15, 0.2) is 0 Å². The lowest BCUT2D eigenvalue weighted by molar-refractivity contribution is 0.665. The number of nitrogens with one attached hydrogen (secondary N) is 1. The van der Waals surface area contributed by atoms with E-state index in [0.717, 1.165) is 24.5 Å². The van der Waals surface area contributed by atoms with Crippen molar-refractivity contribution >= 4 is 11.8 Å². The summed E-state index contributed by atoms with van der Waals surface area (Å²) in [5.74, 6) is 0. The smallest absolute Gasteiger partial charge is 0.105 e. The van der Waals surface area contributed by atoms with Crippen molar-refractivity contribution in [1.29, 1.82) is 0 Å². The van der Waals surface area contributed by atoms with Crippen molar-refractivity contribution in [2.24, 2.45) is 0 Å². The maximum absolute atomic E-state index is 4.50. The van der Waals surface area contributed by atoms with Crippen molar-refractivity contribution in [2.45, 2.75) is 36.7 Å². The first-order valence-electron chi connectivity index (χ1n) is 6.68. The van der Waals surface area contributed by atoms with Crippen LogP contribution in [0.4, 0.5) is 0 Å². The van der Waals surface area contributed by atoms with E-state index in [1.165, 1.54) is 16.0 Å². The van der Waals surface area contributed by atoms with Gasteiger partial charge in [-0.2, -0.15) is 0 Å². The zero-order chi connectivity index (χ0) is 13.5. The summed E-state index contributed by atoms with van der Waals surface area (Å²) < 4.78 is 0. The third-order valence-electron chi connectivity index (χ3n) is 2.83. The first kappa shape index (κ1) is 14.1. The zero-order valence-electron chi connectivity index (χ0n) is 11.5. The Morgan fingerprint density at radius 3 is 2.68 bits per heavy atom. The molecule has 1 N–H and O–H groups in total. The summed E-state index contributed by atoms with van der Waals surface area (Å²) in [4.78, 5) is 5.74. The van der Waals surface area contributed by atoms with Crippen LogP contribution in [0.5, 0.6) is 0 Å². The molecule has 0 bridgehead atoms. The van der Waals surface area contributed by atoms with E-state index in [1.54, 1.807) is 11.8 Å². The van der Waals surface area contributed by atoms with Gasteiger partial charge in [-0.3, -0.25) is 0 Å². The summed E-state index contributed by atoms with van der Waals surface area (Å²) >= 11 is 1.73. The van der Waals surface area contributed by atoms with Crippen LogP contribution in [0.1, 0.15) is 24.5 Å². The topological polar surface area (TPSA) is 24.9 Å². The fourth-order valence-corrected chi connectivity index (χ4v) is 2.65. The molecule has 0 atom stereocenters. The van der Waals surface area contributed by atoms with Gasteiger partial charge in [0.1, 0.15) is 5.03 Å². The maximum Gasteiger partial charge on any atom is 0.105 e. The average Bonchev–Trinajstić information content (AvgIpc) is 2.43. The highest BCUT2D eigenvalue weighted by Gasteiger charge is 2.05. The molecular weight excluding hydrogens is 252 g/mol. The second-order valence-corrected chi connectivity index (χ2v) is 5.62. The summed E-state index contributed by atoms with van der Waals surface area (Å²) in [5, 5.41) is 4.53. The van der Waals surface area contributed by atoms with Gasteiger partial charge in [-0.25, -0.2) is 4.98 Å². The molecule has 0 radical (unpaired) electrons. The van der Waals surface area contributed by atoms with Gasteiger partial charge < -0.3 is 5.32 Å². The molecule has 100 valence electrons. The molecule has 0 aliphatic heterocycles. The minimum atomic E-state index is 0.885. The number of nitrogens with zero attached hydrogens (tertiary/aromatic N) is 1. The molecule has 0 aliphatic rings.